The third kappa shape index (κ3) is 4.25. The Labute approximate surface area is 145 Å². The van der Waals surface area contributed by atoms with Gasteiger partial charge in [0.05, 0.1) is 9.21 Å². The van der Waals surface area contributed by atoms with Crippen molar-refractivity contribution in [2.24, 2.45) is 5.92 Å². The number of carbonyl (C=O) groups excluding carboxylic acids is 2. The quantitative estimate of drug-likeness (QED) is 0.873. The highest BCUT2D eigenvalue weighted by Crippen LogP contribution is 2.25. The molecule has 2 amide bonds. The molecule has 0 radical (unpaired) electrons. The van der Waals surface area contributed by atoms with Crippen LogP contribution in [-0.2, 0) is 4.79 Å². The van der Waals surface area contributed by atoms with E-state index in [-0.39, 0.29) is 23.8 Å². The number of amides is 2. The fraction of sp³-hybridized carbons (Fsp3) is 0.625. The fourth-order valence-electron chi connectivity index (χ4n) is 3.22. The Hall–Kier alpha value is -1.11. The van der Waals surface area contributed by atoms with Crippen molar-refractivity contribution in [2.45, 2.75) is 31.7 Å². The van der Waals surface area contributed by atoms with Gasteiger partial charge in [-0.1, -0.05) is 11.6 Å². The van der Waals surface area contributed by atoms with Crippen LogP contribution in [0.1, 0.15) is 35.4 Å². The van der Waals surface area contributed by atoms with Crippen molar-refractivity contribution >= 4 is 34.8 Å². The summed E-state index contributed by atoms with van der Waals surface area (Å²) >= 11 is 7.20. The third-order valence-corrected chi connectivity index (χ3v) is 5.80. The van der Waals surface area contributed by atoms with E-state index >= 15 is 0 Å². The Morgan fingerprint density at radius 1 is 1.26 bits per heavy atom. The lowest BCUT2D eigenvalue weighted by Crippen LogP contribution is -2.49. The summed E-state index contributed by atoms with van der Waals surface area (Å²) in [4.78, 5) is 27.2. The zero-order valence-electron chi connectivity index (χ0n) is 13.0. The predicted molar refractivity (Wildman–Crippen MR) is 92.0 cm³/mol. The first kappa shape index (κ1) is 16.7. The van der Waals surface area contributed by atoms with Gasteiger partial charge in [0, 0.05) is 31.6 Å². The molecule has 2 fully saturated rings. The lowest BCUT2D eigenvalue weighted by atomic mass is 9.95. The normalized spacial score (nSPS) is 22.8. The number of hydrogen-bond donors (Lipinski definition) is 2. The van der Waals surface area contributed by atoms with Crippen molar-refractivity contribution in [1.29, 1.82) is 0 Å². The minimum Gasteiger partial charge on any atom is -0.352 e. The van der Waals surface area contributed by atoms with Crippen LogP contribution in [0.4, 0.5) is 0 Å². The van der Waals surface area contributed by atoms with Gasteiger partial charge >= 0.3 is 0 Å². The molecule has 3 rings (SSSR count). The molecule has 1 atom stereocenters. The fourth-order valence-corrected chi connectivity index (χ4v) is 4.23. The van der Waals surface area contributed by atoms with E-state index in [1.165, 1.54) is 11.3 Å². The van der Waals surface area contributed by atoms with Gasteiger partial charge in [-0.25, -0.2) is 0 Å². The molecule has 1 aromatic rings. The summed E-state index contributed by atoms with van der Waals surface area (Å²) in [5.41, 5.74) is 0. The van der Waals surface area contributed by atoms with E-state index in [0.29, 0.717) is 22.3 Å². The number of rotatable bonds is 3. The van der Waals surface area contributed by atoms with Gasteiger partial charge in [0.1, 0.15) is 0 Å². The highest BCUT2D eigenvalue weighted by Gasteiger charge is 2.29. The average Bonchev–Trinajstić information content (AvgIpc) is 3.02. The maximum absolute atomic E-state index is 12.4. The van der Waals surface area contributed by atoms with E-state index in [9.17, 15) is 9.59 Å². The monoisotopic (exact) mass is 355 g/mol. The number of halogens is 1. The molecule has 5 nitrogen and oxygen atoms in total. The maximum Gasteiger partial charge on any atom is 0.263 e. The number of hydrogen-bond acceptors (Lipinski definition) is 4. The van der Waals surface area contributed by atoms with Crippen LogP contribution in [0.25, 0.3) is 0 Å². The number of nitrogens with one attached hydrogen (secondary N) is 2. The molecule has 0 bridgehead atoms. The van der Waals surface area contributed by atoms with E-state index in [0.717, 1.165) is 38.8 Å². The van der Waals surface area contributed by atoms with Gasteiger partial charge < -0.3 is 15.5 Å². The van der Waals surface area contributed by atoms with Crippen LogP contribution in [0, 0.1) is 5.92 Å². The second-order valence-corrected chi connectivity index (χ2v) is 7.94. The highest BCUT2D eigenvalue weighted by atomic mass is 35.5. The third-order valence-electron chi connectivity index (χ3n) is 4.58. The Balaban J connectivity index is 1.47. The molecule has 0 spiro atoms. The largest absolute Gasteiger partial charge is 0.352 e. The molecule has 2 N–H and O–H groups in total. The minimum absolute atomic E-state index is 0.0212. The van der Waals surface area contributed by atoms with Crippen molar-refractivity contribution in [3.05, 3.63) is 21.3 Å². The number of piperidine rings is 2. The van der Waals surface area contributed by atoms with Gasteiger partial charge in [-0.3, -0.25) is 9.59 Å². The molecule has 2 aliphatic heterocycles. The zero-order valence-corrected chi connectivity index (χ0v) is 14.6. The summed E-state index contributed by atoms with van der Waals surface area (Å²) in [6, 6.07) is 3.77. The van der Waals surface area contributed by atoms with E-state index in [4.69, 9.17) is 11.6 Å². The molecule has 2 aliphatic rings. The minimum atomic E-state index is 0.0212. The molecule has 0 aliphatic carbocycles. The molecule has 0 unspecified atom stereocenters. The molecular formula is C16H22ClN3O2S. The SMILES string of the molecule is O=C(N[C@H]1CCCNC1)C1CCN(C(=O)c2ccc(Cl)s2)CC1. The number of thiophene rings is 1. The molecule has 23 heavy (non-hydrogen) atoms. The summed E-state index contributed by atoms with van der Waals surface area (Å²) < 4.78 is 0.628. The van der Waals surface area contributed by atoms with Gasteiger partial charge in [-0.05, 0) is 44.4 Å². The molecule has 0 saturated carbocycles. The van der Waals surface area contributed by atoms with E-state index in [2.05, 4.69) is 10.6 Å². The molecule has 1 aromatic heterocycles. The van der Waals surface area contributed by atoms with Crippen LogP contribution in [-0.4, -0.2) is 48.9 Å². The van der Waals surface area contributed by atoms with E-state index < -0.39 is 0 Å². The van der Waals surface area contributed by atoms with Crippen molar-refractivity contribution in [3.8, 4) is 0 Å². The van der Waals surface area contributed by atoms with Crippen LogP contribution >= 0.6 is 22.9 Å². The van der Waals surface area contributed by atoms with E-state index in [1.54, 1.807) is 12.1 Å². The molecule has 2 saturated heterocycles. The van der Waals surface area contributed by atoms with Gasteiger partial charge in [0.25, 0.3) is 5.91 Å². The maximum atomic E-state index is 12.4. The van der Waals surface area contributed by atoms with Crippen molar-refractivity contribution in [3.63, 3.8) is 0 Å². The topological polar surface area (TPSA) is 61.4 Å². The van der Waals surface area contributed by atoms with Gasteiger partial charge in [-0.2, -0.15) is 0 Å². The highest BCUT2D eigenvalue weighted by molar-refractivity contribution is 7.17. The molecule has 126 valence electrons. The summed E-state index contributed by atoms with van der Waals surface area (Å²) in [5, 5.41) is 6.46. The molecule has 0 aromatic carbocycles. The van der Waals surface area contributed by atoms with Crippen molar-refractivity contribution in [2.75, 3.05) is 26.2 Å². The Morgan fingerprint density at radius 3 is 2.65 bits per heavy atom. The predicted octanol–water partition coefficient (Wildman–Crippen LogP) is 2.12. The van der Waals surface area contributed by atoms with Crippen LogP contribution in [0.2, 0.25) is 4.34 Å². The van der Waals surface area contributed by atoms with Crippen molar-refractivity contribution < 1.29 is 9.59 Å². The Morgan fingerprint density at radius 2 is 2.04 bits per heavy atom. The molecular weight excluding hydrogens is 334 g/mol. The lowest BCUT2D eigenvalue weighted by Gasteiger charge is -2.32. The number of likely N-dealkylation sites (tertiary alicyclic amines) is 1. The van der Waals surface area contributed by atoms with Gasteiger partial charge in [0.2, 0.25) is 5.91 Å². The first-order valence-electron chi connectivity index (χ1n) is 8.19. The second-order valence-electron chi connectivity index (χ2n) is 6.22. The lowest BCUT2D eigenvalue weighted by molar-refractivity contribution is -0.127. The van der Waals surface area contributed by atoms with Crippen LogP contribution in [0.15, 0.2) is 12.1 Å². The van der Waals surface area contributed by atoms with Gasteiger partial charge in [-0.15, -0.1) is 11.3 Å². The van der Waals surface area contributed by atoms with Gasteiger partial charge in [0.15, 0.2) is 0 Å². The second kappa shape index (κ2) is 7.64. The summed E-state index contributed by atoms with van der Waals surface area (Å²) in [7, 11) is 0. The first-order valence-corrected chi connectivity index (χ1v) is 9.38. The van der Waals surface area contributed by atoms with Crippen LogP contribution in [0.5, 0.6) is 0 Å². The molecule has 3 heterocycles. The van der Waals surface area contributed by atoms with Crippen LogP contribution < -0.4 is 10.6 Å². The van der Waals surface area contributed by atoms with Crippen LogP contribution in [0.3, 0.4) is 0 Å². The average molecular weight is 356 g/mol. The zero-order chi connectivity index (χ0) is 16.2. The Kier molecular flexibility index (Phi) is 5.56. The number of carbonyl (C=O) groups is 2. The smallest absolute Gasteiger partial charge is 0.263 e. The summed E-state index contributed by atoms with van der Waals surface area (Å²) in [5.74, 6) is 0.190. The summed E-state index contributed by atoms with van der Waals surface area (Å²) in [6.45, 7) is 3.17. The Bertz CT molecular complexity index is 563. The molecule has 7 heteroatoms. The standard InChI is InChI=1S/C16H22ClN3O2S/c17-14-4-3-13(23-14)16(22)20-8-5-11(6-9-20)15(21)19-12-2-1-7-18-10-12/h3-4,11-12,18H,1-2,5-10H2,(H,19,21)/t12-/m0/s1. The van der Waals surface area contributed by atoms with Crippen molar-refractivity contribution in [1.82, 2.24) is 15.5 Å². The summed E-state index contributed by atoms with van der Waals surface area (Å²) in [6.07, 6.45) is 3.63. The number of nitrogens with zero attached hydrogens (tertiary/aromatic N) is 1. The first-order chi connectivity index (χ1) is 11.1. The van der Waals surface area contributed by atoms with E-state index in [1.807, 2.05) is 4.90 Å².